The minimum absolute atomic E-state index is 0.0837. The van der Waals surface area contributed by atoms with Gasteiger partial charge in [-0.25, -0.2) is 4.68 Å². The second-order valence-electron chi connectivity index (χ2n) is 4.13. The van der Waals surface area contributed by atoms with Crippen molar-refractivity contribution >= 4 is 17.3 Å². The van der Waals surface area contributed by atoms with Gasteiger partial charge in [0.1, 0.15) is 6.61 Å². The van der Waals surface area contributed by atoms with Gasteiger partial charge >= 0.3 is 6.18 Å². The highest BCUT2D eigenvalue weighted by Crippen LogP contribution is 2.25. The number of benzene rings is 1. The van der Waals surface area contributed by atoms with E-state index >= 15 is 0 Å². The number of nitrogen functional groups attached to an aromatic ring is 1. The molecule has 1 aromatic carbocycles. The van der Waals surface area contributed by atoms with Crippen LogP contribution in [0.3, 0.4) is 0 Å². The van der Waals surface area contributed by atoms with Gasteiger partial charge in [0.05, 0.1) is 23.9 Å². The molecule has 114 valence electrons. The Hall–Kier alpha value is -1.87. The second kappa shape index (κ2) is 6.27. The minimum atomic E-state index is -4.35. The van der Waals surface area contributed by atoms with E-state index in [4.69, 9.17) is 17.3 Å². The van der Waals surface area contributed by atoms with Crippen molar-refractivity contribution in [1.29, 1.82) is 0 Å². The Morgan fingerprint density at radius 2 is 2.10 bits per heavy atom. The third-order valence-corrected chi connectivity index (χ3v) is 2.83. The number of hydrogen-bond acceptors (Lipinski definition) is 5. The smallest absolute Gasteiger partial charge is 0.398 e. The molecule has 0 atom stereocenters. The molecule has 0 amide bonds. The molecule has 2 N–H and O–H groups in total. The van der Waals surface area contributed by atoms with Crippen LogP contribution in [0.1, 0.15) is 0 Å². The average Bonchev–Trinajstić information content (AvgIpc) is 2.85. The minimum Gasteiger partial charge on any atom is -0.398 e. The molecule has 0 radical (unpaired) electrons. The highest BCUT2D eigenvalue weighted by molar-refractivity contribution is 6.33. The van der Waals surface area contributed by atoms with E-state index in [9.17, 15) is 13.2 Å². The van der Waals surface area contributed by atoms with Gasteiger partial charge in [-0.1, -0.05) is 11.6 Å². The predicted octanol–water partition coefficient (Wildman–Crippen LogP) is 2.15. The zero-order chi connectivity index (χ0) is 15.5. The first kappa shape index (κ1) is 15.5. The second-order valence-corrected chi connectivity index (χ2v) is 4.54. The van der Waals surface area contributed by atoms with Crippen molar-refractivity contribution in [1.82, 2.24) is 20.2 Å². The SMILES string of the molecule is Nc1ccc(-c2nnnn2CCOCC(F)(F)F)cc1Cl. The monoisotopic (exact) mass is 321 g/mol. The summed E-state index contributed by atoms with van der Waals surface area (Å²) in [5, 5.41) is 11.3. The molecule has 6 nitrogen and oxygen atoms in total. The summed E-state index contributed by atoms with van der Waals surface area (Å²) < 4.78 is 41.7. The average molecular weight is 322 g/mol. The lowest BCUT2D eigenvalue weighted by atomic mass is 10.2. The number of aromatic nitrogens is 4. The summed E-state index contributed by atoms with van der Waals surface area (Å²) in [4.78, 5) is 0. The lowest BCUT2D eigenvalue weighted by molar-refractivity contribution is -0.174. The molecule has 0 unspecified atom stereocenters. The van der Waals surface area contributed by atoms with Gasteiger partial charge in [-0.05, 0) is 28.6 Å². The first-order valence-corrected chi connectivity index (χ1v) is 6.20. The Morgan fingerprint density at radius 3 is 2.76 bits per heavy atom. The fraction of sp³-hybridized carbons (Fsp3) is 0.364. The van der Waals surface area contributed by atoms with E-state index in [1.807, 2.05) is 0 Å². The number of nitrogens with zero attached hydrogens (tertiary/aromatic N) is 4. The maximum Gasteiger partial charge on any atom is 0.411 e. The highest BCUT2D eigenvalue weighted by Gasteiger charge is 2.27. The van der Waals surface area contributed by atoms with Crippen molar-refractivity contribution in [3.63, 3.8) is 0 Å². The molecule has 0 aliphatic carbocycles. The molecule has 21 heavy (non-hydrogen) atoms. The van der Waals surface area contributed by atoms with Gasteiger partial charge in [0.15, 0.2) is 5.82 Å². The summed E-state index contributed by atoms with van der Waals surface area (Å²) in [6.45, 7) is -1.39. The molecule has 2 rings (SSSR count). The van der Waals surface area contributed by atoms with Crippen LogP contribution in [0.4, 0.5) is 18.9 Å². The van der Waals surface area contributed by atoms with Crippen molar-refractivity contribution in [3.05, 3.63) is 23.2 Å². The summed E-state index contributed by atoms with van der Waals surface area (Å²) in [6, 6.07) is 4.84. The molecule has 0 aliphatic rings. The van der Waals surface area contributed by atoms with Crippen molar-refractivity contribution in [2.45, 2.75) is 12.7 Å². The summed E-state index contributed by atoms with van der Waals surface area (Å²) in [7, 11) is 0. The number of anilines is 1. The molecule has 0 spiro atoms. The Bertz CT molecular complexity index is 616. The molecule has 10 heteroatoms. The molecule has 1 heterocycles. The van der Waals surface area contributed by atoms with Gasteiger partial charge in [0.2, 0.25) is 0 Å². The van der Waals surface area contributed by atoms with Gasteiger partial charge in [-0.3, -0.25) is 0 Å². The zero-order valence-corrected chi connectivity index (χ0v) is 11.4. The Kier molecular flexibility index (Phi) is 4.63. The maximum absolute atomic E-state index is 11.9. The lowest BCUT2D eigenvalue weighted by Crippen LogP contribution is -2.19. The Labute approximate surface area is 122 Å². The molecule has 0 saturated heterocycles. The summed E-state index contributed by atoms with van der Waals surface area (Å²) >= 11 is 5.91. The lowest BCUT2D eigenvalue weighted by Gasteiger charge is -2.08. The van der Waals surface area contributed by atoms with Crippen LogP contribution in [0.2, 0.25) is 5.02 Å². The number of alkyl halides is 3. The van der Waals surface area contributed by atoms with Crippen molar-refractivity contribution in [2.24, 2.45) is 0 Å². The molecule has 2 aromatic rings. The fourth-order valence-electron chi connectivity index (χ4n) is 1.57. The van der Waals surface area contributed by atoms with E-state index in [1.54, 1.807) is 18.2 Å². The van der Waals surface area contributed by atoms with Crippen LogP contribution in [0.25, 0.3) is 11.4 Å². The molecule has 0 bridgehead atoms. The normalized spacial score (nSPS) is 11.8. The molecule has 0 saturated carbocycles. The first-order chi connectivity index (χ1) is 9.87. The van der Waals surface area contributed by atoms with Crippen LogP contribution in [0, 0.1) is 0 Å². The van der Waals surface area contributed by atoms with Crippen LogP contribution >= 0.6 is 11.6 Å². The van der Waals surface area contributed by atoms with E-state index in [2.05, 4.69) is 20.3 Å². The topological polar surface area (TPSA) is 78.9 Å². The van der Waals surface area contributed by atoms with Crippen LogP contribution in [0.5, 0.6) is 0 Å². The maximum atomic E-state index is 11.9. The van der Waals surface area contributed by atoms with Crippen molar-refractivity contribution < 1.29 is 17.9 Å². The van der Waals surface area contributed by atoms with E-state index in [1.165, 1.54) is 4.68 Å². The molecule has 0 aliphatic heterocycles. The number of halogens is 4. The van der Waals surface area contributed by atoms with Crippen LogP contribution in [0.15, 0.2) is 18.2 Å². The third kappa shape index (κ3) is 4.30. The van der Waals surface area contributed by atoms with Crippen molar-refractivity contribution in [2.75, 3.05) is 18.9 Å². The van der Waals surface area contributed by atoms with E-state index in [0.29, 0.717) is 22.1 Å². The number of tetrazole rings is 1. The standard InChI is InChI=1S/C11H11ClF3N5O/c12-8-5-7(1-2-9(8)16)10-17-18-19-20(10)3-4-21-6-11(13,14)15/h1-2,5H,3-4,6,16H2. The largest absolute Gasteiger partial charge is 0.411 e. The molecular formula is C11H11ClF3N5O. The fourth-order valence-corrected chi connectivity index (χ4v) is 1.75. The Morgan fingerprint density at radius 1 is 1.33 bits per heavy atom. The van der Waals surface area contributed by atoms with Crippen LogP contribution in [-0.2, 0) is 11.3 Å². The first-order valence-electron chi connectivity index (χ1n) is 5.83. The number of ether oxygens (including phenoxy) is 1. The molecular weight excluding hydrogens is 311 g/mol. The van der Waals surface area contributed by atoms with Gasteiger partial charge < -0.3 is 10.5 Å². The van der Waals surface area contributed by atoms with Gasteiger partial charge in [-0.2, -0.15) is 13.2 Å². The Balaban J connectivity index is 2.03. The van der Waals surface area contributed by atoms with E-state index < -0.39 is 12.8 Å². The van der Waals surface area contributed by atoms with Crippen LogP contribution in [-0.4, -0.2) is 39.6 Å². The zero-order valence-electron chi connectivity index (χ0n) is 10.6. The van der Waals surface area contributed by atoms with Gasteiger partial charge in [-0.15, -0.1) is 5.10 Å². The quantitative estimate of drug-likeness (QED) is 0.674. The molecule has 1 aromatic heterocycles. The summed E-state index contributed by atoms with van der Waals surface area (Å²) in [6.07, 6.45) is -4.35. The highest BCUT2D eigenvalue weighted by atomic mass is 35.5. The third-order valence-electron chi connectivity index (χ3n) is 2.50. The van der Waals surface area contributed by atoms with E-state index in [-0.39, 0.29) is 13.2 Å². The molecule has 0 fully saturated rings. The number of hydrogen-bond donors (Lipinski definition) is 1. The van der Waals surface area contributed by atoms with Gasteiger partial charge in [0, 0.05) is 5.56 Å². The number of rotatable bonds is 5. The predicted molar refractivity (Wildman–Crippen MR) is 69.5 cm³/mol. The van der Waals surface area contributed by atoms with Crippen LogP contribution < -0.4 is 5.73 Å². The summed E-state index contributed by atoms with van der Waals surface area (Å²) in [5.41, 5.74) is 6.62. The number of nitrogens with two attached hydrogens (primary N) is 1. The summed E-state index contributed by atoms with van der Waals surface area (Å²) in [5.74, 6) is 0.368. The van der Waals surface area contributed by atoms with Gasteiger partial charge in [0.25, 0.3) is 0 Å². The van der Waals surface area contributed by atoms with E-state index in [0.717, 1.165) is 0 Å². The van der Waals surface area contributed by atoms with Crippen molar-refractivity contribution in [3.8, 4) is 11.4 Å².